The Labute approximate surface area is 182 Å². The van der Waals surface area contributed by atoms with Gasteiger partial charge in [0.2, 0.25) is 0 Å². The Morgan fingerprint density at radius 1 is 0.800 bits per heavy atom. The Morgan fingerprint density at radius 2 is 1.37 bits per heavy atom. The van der Waals surface area contributed by atoms with Crippen molar-refractivity contribution in [2.24, 2.45) is 0 Å². The van der Waals surface area contributed by atoms with Crippen LogP contribution in [0.3, 0.4) is 0 Å². The lowest BCUT2D eigenvalue weighted by atomic mass is 10.1. The minimum absolute atomic E-state index is 0.252. The Bertz CT molecular complexity index is 694. The highest BCUT2D eigenvalue weighted by molar-refractivity contribution is 5.93. The van der Waals surface area contributed by atoms with Gasteiger partial charge in [0, 0.05) is 0 Å². The largest absolute Gasteiger partial charge is 0.462 e. The second kappa shape index (κ2) is 15.5. The van der Waals surface area contributed by atoms with Crippen LogP contribution in [0, 0.1) is 0 Å². The predicted octanol–water partition coefficient (Wildman–Crippen LogP) is 7.05. The number of esters is 2. The molecule has 0 N–H and O–H groups in total. The molecule has 0 aliphatic carbocycles. The number of carbonyl (C=O) groups excluding carboxylic acids is 2. The summed E-state index contributed by atoms with van der Waals surface area (Å²) >= 11 is 0. The van der Waals surface area contributed by atoms with E-state index < -0.39 is 5.97 Å². The molecule has 0 fully saturated rings. The highest BCUT2D eigenvalue weighted by atomic mass is 16.5. The van der Waals surface area contributed by atoms with Crippen LogP contribution in [-0.2, 0) is 9.47 Å². The SMILES string of the molecule is CCCCCCCCOC(=O)c1ccc(C(=O)OC/C=C(\C)CCC=C(C)C)cc1. The molecular weight excluding hydrogens is 376 g/mol. The maximum Gasteiger partial charge on any atom is 0.338 e. The van der Waals surface area contributed by atoms with Crippen LogP contribution in [-0.4, -0.2) is 25.2 Å². The lowest BCUT2D eigenvalue weighted by Crippen LogP contribution is -2.08. The molecule has 0 amide bonds. The fraction of sp³-hybridized carbons (Fsp3) is 0.538. The van der Waals surface area contributed by atoms with Gasteiger partial charge in [0.1, 0.15) is 6.61 Å². The molecule has 1 rings (SSSR count). The Hall–Kier alpha value is -2.36. The third kappa shape index (κ3) is 11.6. The molecule has 0 aliphatic rings. The van der Waals surface area contributed by atoms with Gasteiger partial charge in [-0.3, -0.25) is 0 Å². The molecule has 0 unspecified atom stereocenters. The molecule has 0 saturated heterocycles. The molecule has 4 heteroatoms. The minimum Gasteiger partial charge on any atom is -0.462 e. The van der Waals surface area contributed by atoms with Crippen molar-refractivity contribution in [3.63, 3.8) is 0 Å². The second-order valence-electron chi connectivity index (χ2n) is 7.95. The summed E-state index contributed by atoms with van der Waals surface area (Å²) in [5, 5.41) is 0. The molecule has 0 bridgehead atoms. The van der Waals surface area contributed by atoms with Crippen LogP contribution in [0.4, 0.5) is 0 Å². The smallest absolute Gasteiger partial charge is 0.338 e. The predicted molar refractivity (Wildman–Crippen MR) is 123 cm³/mol. The molecule has 0 aliphatic heterocycles. The van der Waals surface area contributed by atoms with Gasteiger partial charge in [-0.25, -0.2) is 9.59 Å². The Balaban J connectivity index is 2.34. The first-order valence-electron chi connectivity index (χ1n) is 11.2. The van der Waals surface area contributed by atoms with Crippen molar-refractivity contribution < 1.29 is 19.1 Å². The maximum atomic E-state index is 12.2. The summed E-state index contributed by atoms with van der Waals surface area (Å²) in [6, 6.07) is 6.44. The van der Waals surface area contributed by atoms with Gasteiger partial charge in [0.25, 0.3) is 0 Å². The molecule has 1 aromatic rings. The van der Waals surface area contributed by atoms with Crippen LogP contribution in [0.2, 0.25) is 0 Å². The van der Waals surface area contributed by atoms with Gasteiger partial charge in [0.15, 0.2) is 0 Å². The first-order chi connectivity index (χ1) is 14.4. The number of ether oxygens (including phenoxy) is 2. The number of benzene rings is 1. The van der Waals surface area contributed by atoms with E-state index in [1.54, 1.807) is 24.3 Å². The van der Waals surface area contributed by atoms with E-state index in [0.717, 1.165) is 25.7 Å². The van der Waals surface area contributed by atoms with Gasteiger partial charge < -0.3 is 9.47 Å². The normalized spacial score (nSPS) is 11.1. The van der Waals surface area contributed by atoms with Gasteiger partial charge >= 0.3 is 11.9 Å². The van der Waals surface area contributed by atoms with Crippen LogP contribution in [0.15, 0.2) is 47.6 Å². The number of rotatable bonds is 14. The van der Waals surface area contributed by atoms with Crippen molar-refractivity contribution in [2.75, 3.05) is 13.2 Å². The Morgan fingerprint density at radius 3 is 1.97 bits per heavy atom. The lowest BCUT2D eigenvalue weighted by Gasteiger charge is -2.06. The number of allylic oxidation sites excluding steroid dienone is 3. The van der Waals surface area contributed by atoms with Gasteiger partial charge in [-0.15, -0.1) is 0 Å². The van der Waals surface area contributed by atoms with Gasteiger partial charge in [-0.2, -0.15) is 0 Å². The zero-order valence-corrected chi connectivity index (χ0v) is 19.2. The molecule has 0 saturated carbocycles. The quantitative estimate of drug-likeness (QED) is 0.186. The summed E-state index contributed by atoms with van der Waals surface area (Å²) in [5.41, 5.74) is 3.39. The third-order valence-corrected chi connectivity index (χ3v) is 4.82. The summed E-state index contributed by atoms with van der Waals surface area (Å²) in [6.07, 6.45) is 13.0. The molecule has 0 heterocycles. The maximum absolute atomic E-state index is 12.2. The van der Waals surface area contributed by atoms with E-state index in [1.807, 2.05) is 13.0 Å². The van der Waals surface area contributed by atoms with E-state index >= 15 is 0 Å². The lowest BCUT2D eigenvalue weighted by molar-refractivity contribution is 0.0494. The highest BCUT2D eigenvalue weighted by Crippen LogP contribution is 2.10. The first-order valence-corrected chi connectivity index (χ1v) is 11.2. The van der Waals surface area contributed by atoms with Crippen LogP contribution in [0.1, 0.15) is 99.8 Å². The van der Waals surface area contributed by atoms with Crippen LogP contribution in [0.5, 0.6) is 0 Å². The highest BCUT2D eigenvalue weighted by Gasteiger charge is 2.10. The fourth-order valence-corrected chi connectivity index (χ4v) is 2.91. The van der Waals surface area contributed by atoms with Crippen molar-refractivity contribution in [1.29, 1.82) is 0 Å². The molecule has 4 nitrogen and oxygen atoms in total. The molecule has 30 heavy (non-hydrogen) atoms. The summed E-state index contributed by atoms with van der Waals surface area (Å²) in [6.45, 7) is 9.09. The van der Waals surface area contributed by atoms with Gasteiger partial charge in [-0.05, 0) is 70.4 Å². The zero-order chi connectivity index (χ0) is 22.2. The van der Waals surface area contributed by atoms with Gasteiger partial charge in [-0.1, -0.05) is 56.3 Å². The van der Waals surface area contributed by atoms with Crippen LogP contribution in [0.25, 0.3) is 0 Å². The fourth-order valence-electron chi connectivity index (χ4n) is 2.91. The standard InChI is InChI=1S/C26H38O4/c1-5-6-7-8-9-10-19-29-25(27)23-14-16-24(17-15-23)26(28)30-20-18-22(4)13-11-12-21(2)3/h12,14-18H,5-11,13,19-20H2,1-4H3/b22-18+. The summed E-state index contributed by atoms with van der Waals surface area (Å²) in [4.78, 5) is 24.2. The van der Waals surface area contributed by atoms with E-state index in [2.05, 4.69) is 26.8 Å². The van der Waals surface area contributed by atoms with E-state index in [-0.39, 0.29) is 12.6 Å². The van der Waals surface area contributed by atoms with Crippen molar-refractivity contribution in [3.05, 3.63) is 58.7 Å². The van der Waals surface area contributed by atoms with Gasteiger partial charge in [0.05, 0.1) is 17.7 Å². The van der Waals surface area contributed by atoms with Crippen molar-refractivity contribution >= 4 is 11.9 Å². The minimum atomic E-state index is -0.393. The topological polar surface area (TPSA) is 52.6 Å². The molecule has 0 atom stereocenters. The molecule has 0 aromatic heterocycles. The van der Waals surface area contributed by atoms with E-state index in [4.69, 9.17) is 9.47 Å². The molecule has 166 valence electrons. The summed E-state index contributed by atoms with van der Waals surface area (Å²) < 4.78 is 10.6. The van der Waals surface area contributed by atoms with Crippen molar-refractivity contribution in [2.45, 2.75) is 79.1 Å². The molecule has 0 spiro atoms. The van der Waals surface area contributed by atoms with Crippen LogP contribution >= 0.6 is 0 Å². The average molecular weight is 415 g/mol. The summed E-state index contributed by atoms with van der Waals surface area (Å²) in [5.74, 6) is -0.742. The number of carbonyl (C=O) groups is 2. The number of hydrogen-bond acceptors (Lipinski definition) is 4. The monoisotopic (exact) mass is 414 g/mol. The van der Waals surface area contributed by atoms with Crippen molar-refractivity contribution in [3.8, 4) is 0 Å². The van der Waals surface area contributed by atoms with E-state index in [9.17, 15) is 9.59 Å². The second-order valence-corrected chi connectivity index (χ2v) is 7.95. The zero-order valence-electron chi connectivity index (χ0n) is 19.2. The molecule has 0 radical (unpaired) electrons. The third-order valence-electron chi connectivity index (χ3n) is 4.82. The molecular formula is C26H38O4. The van der Waals surface area contributed by atoms with E-state index in [0.29, 0.717) is 17.7 Å². The number of hydrogen-bond donors (Lipinski definition) is 0. The van der Waals surface area contributed by atoms with E-state index in [1.165, 1.54) is 36.8 Å². The summed E-state index contributed by atoms with van der Waals surface area (Å²) in [7, 11) is 0. The average Bonchev–Trinajstić information content (AvgIpc) is 2.72. The first kappa shape index (κ1) is 25.7. The van der Waals surface area contributed by atoms with Crippen molar-refractivity contribution in [1.82, 2.24) is 0 Å². The Kier molecular flexibility index (Phi) is 13.2. The number of unbranched alkanes of at least 4 members (excludes halogenated alkanes) is 5. The molecule has 1 aromatic carbocycles. The van der Waals surface area contributed by atoms with Crippen LogP contribution < -0.4 is 0 Å².